The number of amides is 1. The summed E-state index contributed by atoms with van der Waals surface area (Å²) in [4.78, 5) is 29.9. The first-order chi connectivity index (χ1) is 13.9. The minimum absolute atomic E-state index is 0.113. The molecule has 1 N–H and O–H groups in total. The van der Waals surface area contributed by atoms with Gasteiger partial charge in [-0.05, 0) is 53.9 Å². The topological polar surface area (TPSA) is 64.0 Å². The molecule has 3 aromatic carbocycles. The molecule has 146 valence electrons. The molecule has 1 aromatic heterocycles. The first kappa shape index (κ1) is 19.2. The maximum Gasteiger partial charge on any atom is 0.261 e. The molecule has 0 aliphatic carbocycles. The van der Waals surface area contributed by atoms with Crippen molar-refractivity contribution in [2.75, 3.05) is 11.1 Å². The van der Waals surface area contributed by atoms with Crippen molar-refractivity contribution in [2.24, 2.45) is 7.05 Å². The highest BCUT2D eigenvalue weighted by Gasteiger charge is 2.13. The number of anilines is 1. The van der Waals surface area contributed by atoms with Gasteiger partial charge in [0.25, 0.3) is 5.56 Å². The lowest BCUT2D eigenvalue weighted by Crippen LogP contribution is -2.21. The zero-order valence-electron chi connectivity index (χ0n) is 16.5. The number of aromatic nitrogens is 2. The Morgan fingerprint density at radius 1 is 1.07 bits per heavy atom. The van der Waals surface area contributed by atoms with E-state index in [1.165, 1.54) is 16.3 Å². The Morgan fingerprint density at radius 3 is 2.55 bits per heavy atom. The van der Waals surface area contributed by atoms with Crippen LogP contribution in [0, 0.1) is 13.8 Å². The van der Waals surface area contributed by atoms with Gasteiger partial charge < -0.3 is 5.32 Å². The van der Waals surface area contributed by atoms with E-state index in [4.69, 9.17) is 0 Å². The molecule has 6 heteroatoms. The van der Waals surface area contributed by atoms with Crippen LogP contribution in [0.2, 0.25) is 0 Å². The molecule has 0 spiro atoms. The number of carbonyl (C=O) groups is 1. The Hall–Kier alpha value is -3.12. The van der Waals surface area contributed by atoms with E-state index in [-0.39, 0.29) is 17.2 Å². The third-order valence-corrected chi connectivity index (χ3v) is 6.14. The van der Waals surface area contributed by atoms with Crippen LogP contribution in [0.25, 0.3) is 21.7 Å². The van der Waals surface area contributed by atoms with Gasteiger partial charge in [-0.2, -0.15) is 0 Å². The first-order valence-corrected chi connectivity index (χ1v) is 10.3. The van der Waals surface area contributed by atoms with Crippen LogP contribution in [0.3, 0.4) is 0 Å². The number of hydrogen-bond donors (Lipinski definition) is 1. The lowest BCUT2D eigenvalue weighted by molar-refractivity contribution is -0.113. The number of aryl methyl sites for hydroxylation is 1. The van der Waals surface area contributed by atoms with E-state index < -0.39 is 0 Å². The fraction of sp³-hybridized carbons (Fsp3) is 0.174. The quantitative estimate of drug-likeness (QED) is 0.311. The third kappa shape index (κ3) is 3.76. The summed E-state index contributed by atoms with van der Waals surface area (Å²) in [6, 6.07) is 17.5. The highest BCUT2D eigenvalue weighted by molar-refractivity contribution is 7.99. The molecule has 29 heavy (non-hydrogen) atoms. The Kier molecular flexibility index (Phi) is 5.11. The average Bonchev–Trinajstić information content (AvgIpc) is 2.72. The lowest BCUT2D eigenvalue weighted by atomic mass is 10.1. The van der Waals surface area contributed by atoms with Crippen molar-refractivity contribution < 1.29 is 4.79 Å². The third-order valence-electron chi connectivity index (χ3n) is 5.11. The molecule has 0 radical (unpaired) electrons. The summed E-state index contributed by atoms with van der Waals surface area (Å²) in [6.45, 7) is 4.00. The van der Waals surface area contributed by atoms with E-state index in [0.717, 1.165) is 27.6 Å². The molecule has 5 nitrogen and oxygen atoms in total. The van der Waals surface area contributed by atoms with Crippen LogP contribution in [0.15, 0.2) is 64.5 Å². The maximum atomic E-state index is 12.8. The smallest absolute Gasteiger partial charge is 0.261 e. The van der Waals surface area contributed by atoms with Gasteiger partial charge in [0.05, 0.1) is 16.7 Å². The molecule has 0 bridgehead atoms. The van der Waals surface area contributed by atoms with Gasteiger partial charge in [0.2, 0.25) is 5.91 Å². The molecule has 4 rings (SSSR count). The van der Waals surface area contributed by atoms with Crippen LogP contribution < -0.4 is 10.9 Å². The Balaban J connectivity index is 1.60. The largest absolute Gasteiger partial charge is 0.325 e. The molecule has 0 fully saturated rings. The van der Waals surface area contributed by atoms with Crippen LogP contribution in [-0.4, -0.2) is 21.2 Å². The van der Waals surface area contributed by atoms with E-state index in [0.29, 0.717) is 16.1 Å². The minimum atomic E-state index is -0.128. The predicted octanol–water partition coefficient (Wildman–Crippen LogP) is 4.43. The van der Waals surface area contributed by atoms with Crippen LogP contribution in [0.4, 0.5) is 5.69 Å². The number of rotatable bonds is 4. The number of thioether (sulfide) groups is 1. The summed E-state index contributed by atoms with van der Waals surface area (Å²) >= 11 is 1.26. The highest BCUT2D eigenvalue weighted by atomic mass is 32.2. The van der Waals surface area contributed by atoms with E-state index >= 15 is 0 Å². The highest BCUT2D eigenvalue weighted by Crippen LogP contribution is 2.23. The molecule has 0 aliphatic heterocycles. The normalized spacial score (nSPS) is 11.1. The van der Waals surface area contributed by atoms with Crippen molar-refractivity contribution in [1.29, 1.82) is 0 Å². The number of carbonyl (C=O) groups excluding carboxylic acids is 1. The Morgan fingerprint density at radius 2 is 1.79 bits per heavy atom. The summed E-state index contributed by atoms with van der Waals surface area (Å²) in [6.07, 6.45) is 0. The predicted molar refractivity (Wildman–Crippen MR) is 120 cm³/mol. The van der Waals surface area contributed by atoms with Gasteiger partial charge in [-0.1, -0.05) is 48.2 Å². The van der Waals surface area contributed by atoms with Crippen LogP contribution in [-0.2, 0) is 11.8 Å². The Bertz CT molecular complexity index is 1310. The van der Waals surface area contributed by atoms with Crippen molar-refractivity contribution in [3.63, 3.8) is 0 Å². The number of fused-ring (bicyclic) bond motifs is 2. The first-order valence-electron chi connectivity index (χ1n) is 9.32. The van der Waals surface area contributed by atoms with Gasteiger partial charge >= 0.3 is 0 Å². The van der Waals surface area contributed by atoms with Crippen molar-refractivity contribution in [3.8, 4) is 0 Å². The zero-order chi connectivity index (χ0) is 20.5. The van der Waals surface area contributed by atoms with Gasteiger partial charge in [0.1, 0.15) is 0 Å². The van der Waals surface area contributed by atoms with E-state index in [2.05, 4.69) is 10.3 Å². The molecule has 0 atom stereocenters. The average molecular weight is 404 g/mol. The molecule has 1 amide bonds. The number of nitrogens with one attached hydrogen (secondary N) is 1. The SMILES string of the molecule is Cc1cccc(NC(=O)CSc2nc3cc4ccccc4cc3c(=O)n2C)c1C. The molecule has 0 unspecified atom stereocenters. The van der Waals surface area contributed by atoms with E-state index in [1.807, 2.05) is 68.4 Å². The Labute approximate surface area is 172 Å². The van der Waals surface area contributed by atoms with Gasteiger partial charge in [0.15, 0.2) is 5.16 Å². The number of nitrogens with zero attached hydrogens (tertiary/aromatic N) is 2. The molecule has 1 heterocycles. The molecule has 4 aromatic rings. The fourth-order valence-electron chi connectivity index (χ4n) is 3.27. The molecule has 0 aliphatic rings. The molecular weight excluding hydrogens is 382 g/mol. The number of hydrogen-bond acceptors (Lipinski definition) is 4. The van der Waals surface area contributed by atoms with Gasteiger partial charge in [-0.25, -0.2) is 4.98 Å². The van der Waals surface area contributed by atoms with Crippen LogP contribution >= 0.6 is 11.8 Å². The summed E-state index contributed by atoms with van der Waals surface area (Å²) in [7, 11) is 1.69. The van der Waals surface area contributed by atoms with Gasteiger partial charge in [-0.15, -0.1) is 0 Å². The standard InChI is InChI=1S/C23H21N3O2S/c1-14-7-6-10-19(15(14)2)24-21(27)13-29-23-25-20-12-17-9-5-4-8-16(17)11-18(20)22(28)26(23)3/h4-12H,13H2,1-3H3,(H,24,27). The van der Waals surface area contributed by atoms with Crippen molar-refractivity contribution in [2.45, 2.75) is 19.0 Å². The summed E-state index contributed by atoms with van der Waals surface area (Å²) in [5.74, 6) is 0.0452. The van der Waals surface area contributed by atoms with E-state index in [1.54, 1.807) is 7.05 Å². The maximum absolute atomic E-state index is 12.8. The van der Waals surface area contributed by atoms with Crippen LogP contribution in [0.1, 0.15) is 11.1 Å². The second-order valence-corrected chi connectivity index (χ2v) is 8.00. The van der Waals surface area contributed by atoms with Crippen LogP contribution in [0.5, 0.6) is 0 Å². The molecule has 0 saturated heterocycles. The van der Waals surface area contributed by atoms with Crippen molar-refractivity contribution in [3.05, 3.63) is 76.1 Å². The number of benzene rings is 3. The minimum Gasteiger partial charge on any atom is -0.325 e. The summed E-state index contributed by atoms with van der Waals surface area (Å²) in [5, 5.41) is 6.08. The second kappa shape index (κ2) is 7.72. The zero-order valence-corrected chi connectivity index (χ0v) is 17.3. The van der Waals surface area contributed by atoms with E-state index in [9.17, 15) is 9.59 Å². The van der Waals surface area contributed by atoms with Crippen molar-refractivity contribution >= 4 is 45.0 Å². The lowest BCUT2D eigenvalue weighted by Gasteiger charge is -2.11. The fourth-order valence-corrected chi connectivity index (χ4v) is 4.04. The summed E-state index contributed by atoms with van der Waals surface area (Å²) in [5.41, 5.74) is 3.51. The second-order valence-electron chi connectivity index (χ2n) is 7.06. The van der Waals surface area contributed by atoms with Gasteiger partial charge in [-0.3, -0.25) is 14.2 Å². The summed E-state index contributed by atoms with van der Waals surface area (Å²) < 4.78 is 1.51. The molecule has 0 saturated carbocycles. The monoisotopic (exact) mass is 403 g/mol. The van der Waals surface area contributed by atoms with Gasteiger partial charge in [0, 0.05) is 12.7 Å². The van der Waals surface area contributed by atoms with Crippen molar-refractivity contribution in [1.82, 2.24) is 9.55 Å². The molecular formula is C23H21N3O2S.